The zero-order valence-corrected chi connectivity index (χ0v) is 18.3. The number of carbonyl (C=O) groups excluding carboxylic acids is 2. The van der Waals surface area contributed by atoms with Crippen LogP contribution < -0.4 is 10.2 Å². The van der Waals surface area contributed by atoms with E-state index in [0.717, 1.165) is 23.0 Å². The number of halogens is 1. The summed E-state index contributed by atoms with van der Waals surface area (Å²) >= 11 is 0. The summed E-state index contributed by atoms with van der Waals surface area (Å²) in [6.45, 7) is 5.78. The van der Waals surface area contributed by atoms with Crippen LogP contribution in [-0.2, 0) is 20.9 Å². The first-order valence-electron chi connectivity index (χ1n) is 10.9. The van der Waals surface area contributed by atoms with Gasteiger partial charge in [-0.3, -0.25) is 14.9 Å². The number of aromatic nitrogens is 2. The van der Waals surface area contributed by atoms with Crippen LogP contribution in [0.1, 0.15) is 25.3 Å². The molecule has 1 fully saturated rings. The van der Waals surface area contributed by atoms with Gasteiger partial charge in [0.1, 0.15) is 5.82 Å². The van der Waals surface area contributed by atoms with Crippen LogP contribution in [0.2, 0.25) is 0 Å². The van der Waals surface area contributed by atoms with Crippen molar-refractivity contribution in [1.82, 2.24) is 9.55 Å². The maximum atomic E-state index is 14.4. The molecule has 1 aliphatic heterocycles. The van der Waals surface area contributed by atoms with Gasteiger partial charge < -0.3 is 14.2 Å². The van der Waals surface area contributed by atoms with Gasteiger partial charge in [0.25, 0.3) is 0 Å². The first kappa shape index (κ1) is 22.0. The fourth-order valence-corrected chi connectivity index (χ4v) is 4.03. The summed E-state index contributed by atoms with van der Waals surface area (Å²) in [4.78, 5) is 31.5. The van der Waals surface area contributed by atoms with Crippen molar-refractivity contribution in [2.75, 3.05) is 30.0 Å². The highest BCUT2D eigenvalue weighted by molar-refractivity contribution is 6.03. The van der Waals surface area contributed by atoms with Gasteiger partial charge in [-0.25, -0.2) is 9.37 Å². The lowest BCUT2D eigenvalue weighted by Gasteiger charge is -2.18. The lowest BCUT2D eigenvalue weighted by Crippen LogP contribution is -2.29. The zero-order valence-electron chi connectivity index (χ0n) is 18.3. The number of nitrogens with zero attached hydrogens (tertiary/aromatic N) is 3. The Bertz CT molecular complexity index is 1140. The molecule has 0 spiro atoms. The van der Waals surface area contributed by atoms with Crippen molar-refractivity contribution in [2.45, 2.75) is 33.2 Å². The lowest BCUT2D eigenvalue weighted by atomic mass is 10.1. The van der Waals surface area contributed by atoms with Gasteiger partial charge in [0.15, 0.2) is 0 Å². The smallest absolute Gasteiger partial charge is 0.232 e. The summed E-state index contributed by atoms with van der Waals surface area (Å²) in [6.07, 6.45) is 0.809. The Morgan fingerprint density at radius 3 is 2.88 bits per heavy atom. The van der Waals surface area contributed by atoms with Crippen LogP contribution in [-0.4, -0.2) is 41.1 Å². The molecule has 1 N–H and O–H groups in total. The summed E-state index contributed by atoms with van der Waals surface area (Å²) in [5.41, 5.74) is 2.68. The SMILES string of the molecule is CCOCCCn1c(NC(=O)C2CC(=O)N(c3ccc(C)cc3F)C2)nc2ccccc21. The third-order valence-corrected chi connectivity index (χ3v) is 5.65. The molecule has 2 amide bonds. The standard InChI is InChI=1S/C24H27FN4O3/c1-3-32-12-6-11-28-21-8-5-4-7-19(21)26-24(28)27-23(31)17-14-22(30)29(15-17)20-10-9-16(2)13-18(20)25/h4-5,7-10,13,17H,3,6,11-12,14-15H2,1-2H3,(H,26,27,31). The molecule has 7 nitrogen and oxygen atoms in total. The third kappa shape index (κ3) is 4.50. The van der Waals surface area contributed by atoms with Crippen molar-refractivity contribution < 1.29 is 18.7 Å². The second kappa shape index (κ2) is 9.48. The third-order valence-electron chi connectivity index (χ3n) is 5.65. The number of hydrogen-bond acceptors (Lipinski definition) is 4. The molecule has 1 saturated heterocycles. The average molecular weight is 439 g/mol. The molecule has 0 saturated carbocycles. The predicted molar refractivity (Wildman–Crippen MR) is 121 cm³/mol. The Morgan fingerprint density at radius 2 is 2.09 bits per heavy atom. The highest BCUT2D eigenvalue weighted by Crippen LogP contribution is 2.29. The maximum Gasteiger partial charge on any atom is 0.232 e. The minimum atomic E-state index is -0.583. The number of aryl methyl sites for hydroxylation is 2. The van der Waals surface area contributed by atoms with Crippen LogP contribution in [0.4, 0.5) is 16.0 Å². The summed E-state index contributed by atoms with van der Waals surface area (Å²) in [5.74, 6) is -1.16. The number of fused-ring (bicyclic) bond motifs is 1. The molecular formula is C24H27FN4O3. The number of rotatable bonds is 8. The molecule has 4 rings (SSSR count). The van der Waals surface area contributed by atoms with Crippen LogP contribution in [0.5, 0.6) is 0 Å². The maximum absolute atomic E-state index is 14.4. The van der Waals surface area contributed by atoms with Gasteiger partial charge in [-0.05, 0) is 50.1 Å². The van der Waals surface area contributed by atoms with Crippen molar-refractivity contribution in [3.8, 4) is 0 Å². The molecule has 168 valence electrons. The fraction of sp³-hybridized carbons (Fsp3) is 0.375. The van der Waals surface area contributed by atoms with Crippen LogP contribution >= 0.6 is 0 Å². The van der Waals surface area contributed by atoms with Gasteiger partial charge in [-0.15, -0.1) is 0 Å². The minimum Gasteiger partial charge on any atom is -0.382 e. The fourth-order valence-electron chi connectivity index (χ4n) is 4.03. The molecule has 2 heterocycles. The monoisotopic (exact) mass is 438 g/mol. The van der Waals surface area contributed by atoms with E-state index in [2.05, 4.69) is 10.3 Å². The van der Waals surface area contributed by atoms with Crippen molar-refractivity contribution in [2.24, 2.45) is 5.92 Å². The van der Waals surface area contributed by atoms with E-state index < -0.39 is 11.7 Å². The number of hydrogen-bond donors (Lipinski definition) is 1. The molecule has 3 aromatic rings. The highest BCUT2D eigenvalue weighted by atomic mass is 19.1. The molecule has 0 aliphatic carbocycles. The number of anilines is 2. The first-order chi connectivity index (χ1) is 15.5. The second-order valence-corrected chi connectivity index (χ2v) is 7.98. The topological polar surface area (TPSA) is 76.5 Å². The number of nitrogens with one attached hydrogen (secondary N) is 1. The lowest BCUT2D eigenvalue weighted by molar-refractivity contribution is -0.122. The zero-order chi connectivity index (χ0) is 22.7. The Labute approximate surface area is 186 Å². The Kier molecular flexibility index (Phi) is 6.50. The Morgan fingerprint density at radius 1 is 1.28 bits per heavy atom. The molecule has 1 aliphatic rings. The number of carbonyl (C=O) groups is 2. The van der Waals surface area contributed by atoms with E-state index in [4.69, 9.17) is 4.74 Å². The molecule has 1 unspecified atom stereocenters. The van der Waals surface area contributed by atoms with Crippen molar-refractivity contribution in [3.05, 3.63) is 53.8 Å². The van der Waals surface area contributed by atoms with E-state index in [1.807, 2.05) is 35.8 Å². The summed E-state index contributed by atoms with van der Waals surface area (Å²) in [6, 6.07) is 12.4. The van der Waals surface area contributed by atoms with E-state index in [1.165, 1.54) is 11.0 Å². The van der Waals surface area contributed by atoms with Gasteiger partial charge in [0.05, 0.1) is 22.6 Å². The van der Waals surface area contributed by atoms with E-state index >= 15 is 0 Å². The van der Waals surface area contributed by atoms with E-state index in [-0.39, 0.29) is 30.5 Å². The predicted octanol–water partition coefficient (Wildman–Crippen LogP) is 3.90. The quantitative estimate of drug-likeness (QED) is 0.541. The Hall–Kier alpha value is -3.26. The molecule has 0 radical (unpaired) electrons. The van der Waals surface area contributed by atoms with Crippen molar-refractivity contribution in [1.29, 1.82) is 0 Å². The molecule has 1 aromatic heterocycles. The largest absolute Gasteiger partial charge is 0.382 e. The summed E-state index contributed by atoms with van der Waals surface area (Å²) in [5, 5.41) is 2.90. The van der Waals surface area contributed by atoms with Crippen molar-refractivity contribution in [3.63, 3.8) is 0 Å². The van der Waals surface area contributed by atoms with Crippen LogP contribution in [0, 0.1) is 18.7 Å². The van der Waals surface area contributed by atoms with Crippen LogP contribution in [0.15, 0.2) is 42.5 Å². The number of para-hydroxylation sites is 2. The second-order valence-electron chi connectivity index (χ2n) is 7.98. The Balaban J connectivity index is 1.50. The normalized spacial score (nSPS) is 16.2. The van der Waals surface area contributed by atoms with E-state index in [0.29, 0.717) is 25.7 Å². The number of amides is 2. The minimum absolute atomic E-state index is 0.0315. The van der Waals surface area contributed by atoms with Gasteiger partial charge in [-0.2, -0.15) is 0 Å². The van der Waals surface area contributed by atoms with Crippen molar-refractivity contribution >= 4 is 34.5 Å². The van der Waals surface area contributed by atoms with Gasteiger partial charge in [0.2, 0.25) is 17.8 Å². The highest BCUT2D eigenvalue weighted by Gasteiger charge is 2.36. The molecule has 0 bridgehead atoms. The van der Waals surface area contributed by atoms with Crippen LogP contribution in [0.25, 0.3) is 11.0 Å². The van der Waals surface area contributed by atoms with E-state index in [1.54, 1.807) is 19.1 Å². The number of imidazole rings is 1. The number of ether oxygens (including phenoxy) is 1. The molecule has 8 heteroatoms. The number of benzene rings is 2. The van der Waals surface area contributed by atoms with E-state index in [9.17, 15) is 14.0 Å². The summed E-state index contributed by atoms with van der Waals surface area (Å²) < 4.78 is 21.8. The average Bonchev–Trinajstić information content (AvgIpc) is 3.32. The molecule has 32 heavy (non-hydrogen) atoms. The molecule has 2 aromatic carbocycles. The van der Waals surface area contributed by atoms with Gasteiger partial charge in [-0.1, -0.05) is 18.2 Å². The first-order valence-corrected chi connectivity index (χ1v) is 10.9. The van der Waals surface area contributed by atoms with Gasteiger partial charge >= 0.3 is 0 Å². The van der Waals surface area contributed by atoms with Crippen LogP contribution in [0.3, 0.4) is 0 Å². The summed E-state index contributed by atoms with van der Waals surface area (Å²) in [7, 11) is 0. The molecule has 1 atom stereocenters. The molecular weight excluding hydrogens is 411 g/mol. The van der Waals surface area contributed by atoms with Gasteiger partial charge in [0, 0.05) is 32.7 Å².